The fourth-order valence-corrected chi connectivity index (χ4v) is 8.21. The zero-order valence-corrected chi connectivity index (χ0v) is 20.7. The molecule has 2 aromatic rings. The number of ketones is 6. The van der Waals surface area contributed by atoms with Gasteiger partial charge >= 0.3 is 0 Å². The van der Waals surface area contributed by atoms with E-state index >= 15 is 0 Å². The topological polar surface area (TPSA) is 102 Å². The molecule has 9 aliphatic rings. The van der Waals surface area contributed by atoms with Crippen molar-refractivity contribution in [3.05, 3.63) is 140 Å². The van der Waals surface area contributed by atoms with E-state index in [0.29, 0.717) is 11.1 Å². The molecule has 0 spiro atoms. The molecule has 0 saturated carbocycles. The van der Waals surface area contributed by atoms with Gasteiger partial charge in [0.25, 0.3) is 0 Å². The maximum absolute atomic E-state index is 14.7. The average Bonchev–Trinajstić information content (AvgIpc) is 2.98. The summed E-state index contributed by atoms with van der Waals surface area (Å²) in [6.45, 7) is 0. The van der Waals surface area contributed by atoms with Gasteiger partial charge in [0, 0.05) is 68.3 Å². The lowest BCUT2D eigenvalue weighted by Crippen LogP contribution is -2.49. The first-order chi connectivity index (χ1) is 19.4. The van der Waals surface area contributed by atoms with Gasteiger partial charge in [-0.3, -0.25) is 28.8 Å². The average molecular weight is 520 g/mol. The Kier molecular flexibility index (Phi) is 3.76. The second-order valence-electron chi connectivity index (χ2n) is 11.1. The molecule has 6 nitrogen and oxygen atoms in total. The molecule has 0 aromatic heterocycles. The smallest absolute Gasteiger partial charge is 0.187 e. The minimum absolute atomic E-state index is 0.0402. The SMILES string of the molecule is O=C1C=CC(=O)C2=C1C1C3=C(C(=O)C=CC3=O)C2C2=C1C(=O)C1=C(C2=O)C2c3ccccc3C1c1ccccc12. The van der Waals surface area contributed by atoms with E-state index in [1.165, 1.54) is 0 Å². The van der Waals surface area contributed by atoms with Crippen LogP contribution in [0.15, 0.2) is 117 Å². The first kappa shape index (κ1) is 21.8. The Morgan fingerprint density at radius 3 is 0.850 bits per heavy atom. The summed E-state index contributed by atoms with van der Waals surface area (Å²) < 4.78 is 0. The molecule has 0 fully saturated rings. The second kappa shape index (κ2) is 6.90. The standard InChI is InChI=1S/C34H16O6/c35-17-9-11-19(37)25-23(17)27-24-18(36)10-12-20(38)26(24)28(25)32-31(27)33(39)29-21-13-5-1-2-6-14(13)22(30(29)34(32)40)16-8-4-3-7-15(16)21/h1-12,21-22,27-28H. The van der Waals surface area contributed by atoms with Crippen LogP contribution in [0.1, 0.15) is 34.1 Å². The van der Waals surface area contributed by atoms with Gasteiger partial charge < -0.3 is 0 Å². The van der Waals surface area contributed by atoms with Crippen LogP contribution in [-0.4, -0.2) is 34.7 Å². The maximum Gasteiger partial charge on any atom is 0.187 e. The third-order valence-electron chi connectivity index (χ3n) is 9.52. The Hall–Kier alpha value is -5.10. The highest BCUT2D eigenvalue weighted by Gasteiger charge is 2.60. The van der Waals surface area contributed by atoms with Crippen molar-refractivity contribution in [2.75, 3.05) is 0 Å². The van der Waals surface area contributed by atoms with E-state index in [1.54, 1.807) is 0 Å². The summed E-state index contributed by atoms with van der Waals surface area (Å²) in [5.74, 6) is -6.15. The molecule has 188 valence electrons. The molecule has 0 saturated heterocycles. The summed E-state index contributed by atoms with van der Waals surface area (Å²) in [5, 5.41) is 0. The largest absolute Gasteiger partial charge is 0.290 e. The fraction of sp³-hybridized carbons (Fsp3) is 0.118. The molecule has 0 atom stereocenters. The molecular formula is C34H16O6. The summed E-state index contributed by atoms with van der Waals surface area (Å²) in [7, 11) is 0. The van der Waals surface area contributed by atoms with Crippen LogP contribution in [-0.2, 0) is 28.8 Å². The first-order valence-electron chi connectivity index (χ1n) is 13.2. The van der Waals surface area contributed by atoms with Crippen molar-refractivity contribution >= 4 is 34.7 Å². The van der Waals surface area contributed by atoms with Gasteiger partial charge in [0.2, 0.25) is 0 Å². The highest BCUT2D eigenvalue weighted by Crippen LogP contribution is 2.63. The van der Waals surface area contributed by atoms with Gasteiger partial charge in [0.05, 0.1) is 0 Å². The van der Waals surface area contributed by atoms with E-state index in [0.717, 1.165) is 46.6 Å². The van der Waals surface area contributed by atoms with Gasteiger partial charge in [-0.1, -0.05) is 48.5 Å². The molecule has 0 amide bonds. The van der Waals surface area contributed by atoms with Crippen LogP contribution < -0.4 is 0 Å². The van der Waals surface area contributed by atoms with E-state index in [-0.39, 0.29) is 45.0 Å². The number of Topliss-reactive ketones (excluding diaryl/α,β-unsaturated/α-hetero) is 2. The molecule has 2 aromatic carbocycles. The summed E-state index contributed by atoms with van der Waals surface area (Å²) in [5.41, 5.74) is 4.86. The van der Waals surface area contributed by atoms with Crippen molar-refractivity contribution in [2.24, 2.45) is 11.8 Å². The van der Waals surface area contributed by atoms with Gasteiger partial charge in [-0.25, -0.2) is 0 Å². The summed E-state index contributed by atoms with van der Waals surface area (Å²) >= 11 is 0. The highest BCUT2D eigenvalue weighted by atomic mass is 16.2. The Labute approximate surface area is 226 Å². The fourth-order valence-electron chi connectivity index (χ4n) is 8.21. The summed E-state index contributed by atoms with van der Waals surface area (Å²) in [4.78, 5) is 82.5. The Balaban J connectivity index is 1.34. The van der Waals surface area contributed by atoms with Crippen molar-refractivity contribution in [3.63, 3.8) is 0 Å². The molecule has 0 heterocycles. The Morgan fingerprint density at radius 2 is 0.575 bits per heavy atom. The number of carbonyl (C=O) groups excluding carboxylic acids is 6. The first-order valence-corrected chi connectivity index (χ1v) is 13.2. The summed E-state index contributed by atoms with van der Waals surface area (Å²) in [6.07, 6.45) is 4.56. The number of hydrogen-bond donors (Lipinski definition) is 0. The van der Waals surface area contributed by atoms with Crippen LogP contribution in [0.3, 0.4) is 0 Å². The number of rotatable bonds is 0. The minimum atomic E-state index is -1.23. The van der Waals surface area contributed by atoms with Crippen molar-refractivity contribution in [1.82, 2.24) is 0 Å². The molecule has 40 heavy (non-hydrogen) atoms. The molecule has 0 unspecified atom stereocenters. The summed E-state index contributed by atoms with van der Waals surface area (Å²) in [6, 6.07) is 15.6. The maximum atomic E-state index is 14.7. The number of carbonyl (C=O) groups is 6. The van der Waals surface area contributed by atoms with Crippen molar-refractivity contribution in [2.45, 2.75) is 11.8 Å². The molecule has 9 aliphatic carbocycles. The van der Waals surface area contributed by atoms with Gasteiger partial charge in [-0.05, 0) is 46.6 Å². The molecule has 11 rings (SSSR count). The lowest BCUT2D eigenvalue weighted by molar-refractivity contribution is -0.120. The second-order valence-corrected chi connectivity index (χ2v) is 11.1. The van der Waals surface area contributed by atoms with Crippen LogP contribution in [0.25, 0.3) is 0 Å². The van der Waals surface area contributed by atoms with E-state index in [1.807, 2.05) is 48.5 Å². The van der Waals surface area contributed by atoms with Gasteiger partial charge in [0.1, 0.15) is 0 Å². The molecule has 0 radical (unpaired) electrons. The third-order valence-corrected chi connectivity index (χ3v) is 9.52. The van der Waals surface area contributed by atoms with Crippen molar-refractivity contribution in [1.29, 1.82) is 0 Å². The monoisotopic (exact) mass is 520 g/mol. The zero-order valence-electron chi connectivity index (χ0n) is 20.7. The van der Waals surface area contributed by atoms with Gasteiger partial charge in [0.15, 0.2) is 34.7 Å². The lowest BCUT2D eigenvalue weighted by atomic mass is 9.49. The van der Waals surface area contributed by atoms with Gasteiger partial charge in [-0.2, -0.15) is 0 Å². The molecule has 0 N–H and O–H groups in total. The zero-order chi connectivity index (χ0) is 27.2. The van der Waals surface area contributed by atoms with E-state index in [4.69, 9.17) is 0 Å². The van der Waals surface area contributed by atoms with E-state index < -0.39 is 46.8 Å². The predicted octanol–water partition coefficient (Wildman–Crippen LogP) is 3.29. The Morgan fingerprint density at radius 1 is 0.325 bits per heavy atom. The van der Waals surface area contributed by atoms with E-state index in [2.05, 4.69) is 0 Å². The minimum Gasteiger partial charge on any atom is -0.290 e. The quantitative estimate of drug-likeness (QED) is 0.494. The van der Waals surface area contributed by atoms with Crippen molar-refractivity contribution < 1.29 is 28.8 Å². The number of benzene rings is 2. The third kappa shape index (κ3) is 2.22. The van der Waals surface area contributed by atoms with Crippen LogP contribution in [0, 0.1) is 11.8 Å². The number of allylic oxidation sites excluding steroid dienone is 12. The van der Waals surface area contributed by atoms with Crippen LogP contribution in [0.4, 0.5) is 0 Å². The van der Waals surface area contributed by atoms with Gasteiger partial charge in [-0.15, -0.1) is 0 Å². The van der Waals surface area contributed by atoms with Crippen LogP contribution >= 0.6 is 0 Å². The Bertz CT molecular complexity index is 1770. The van der Waals surface area contributed by atoms with Crippen molar-refractivity contribution in [3.8, 4) is 0 Å². The van der Waals surface area contributed by atoms with Crippen LogP contribution in [0.5, 0.6) is 0 Å². The van der Waals surface area contributed by atoms with E-state index in [9.17, 15) is 28.8 Å². The van der Waals surface area contributed by atoms with Crippen LogP contribution in [0.2, 0.25) is 0 Å². The molecule has 4 bridgehead atoms. The number of hydrogen-bond acceptors (Lipinski definition) is 6. The predicted molar refractivity (Wildman–Crippen MR) is 140 cm³/mol. The normalized spacial score (nSPS) is 28.7. The molecule has 0 aliphatic heterocycles. The highest BCUT2D eigenvalue weighted by molar-refractivity contribution is 6.36. The lowest BCUT2D eigenvalue weighted by Gasteiger charge is -2.50. The molecule has 6 heteroatoms. The molecular weight excluding hydrogens is 504 g/mol.